The van der Waals surface area contributed by atoms with E-state index in [2.05, 4.69) is 15.5 Å². The van der Waals surface area contributed by atoms with Crippen LogP contribution in [0.3, 0.4) is 0 Å². The summed E-state index contributed by atoms with van der Waals surface area (Å²) >= 11 is 0. The predicted molar refractivity (Wildman–Crippen MR) is 78.8 cm³/mol. The molecule has 0 aliphatic heterocycles. The van der Waals surface area contributed by atoms with Crippen LogP contribution >= 0.6 is 0 Å². The van der Waals surface area contributed by atoms with Gasteiger partial charge in [-0.2, -0.15) is 0 Å². The highest BCUT2D eigenvalue weighted by atomic mass is 19.3. The summed E-state index contributed by atoms with van der Waals surface area (Å²) in [4.78, 5) is 13.7. The largest absolute Gasteiger partial charge is 0.434 e. The number of hydrogen-bond acceptors (Lipinski definition) is 7. The van der Waals surface area contributed by atoms with Gasteiger partial charge in [0.15, 0.2) is 0 Å². The van der Waals surface area contributed by atoms with Gasteiger partial charge < -0.3 is 26.4 Å². The Hall–Kier alpha value is -2.14. The van der Waals surface area contributed by atoms with Crippen molar-refractivity contribution in [2.75, 3.05) is 13.1 Å². The second-order valence-electron chi connectivity index (χ2n) is 5.51. The van der Waals surface area contributed by atoms with Crippen LogP contribution in [0.4, 0.5) is 14.7 Å². The van der Waals surface area contributed by atoms with Gasteiger partial charge in [0, 0.05) is 6.42 Å². The second kappa shape index (κ2) is 7.42. The highest BCUT2D eigenvalue weighted by molar-refractivity contribution is 5.92. The number of rotatable bonds is 9. The minimum absolute atomic E-state index is 0.113. The summed E-state index contributed by atoms with van der Waals surface area (Å²) in [6.45, 7) is 1.77. The van der Waals surface area contributed by atoms with Crippen molar-refractivity contribution in [2.45, 2.75) is 38.3 Å². The monoisotopic (exact) mass is 334 g/mol. The molecule has 0 bridgehead atoms. The molecule has 0 aromatic carbocycles. The molecule has 0 unspecified atom stereocenters. The Kier molecular flexibility index (Phi) is 6.10. The van der Waals surface area contributed by atoms with Gasteiger partial charge in [-0.15, -0.1) is 0 Å². The lowest BCUT2D eigenvalue weighted by atomic mass is 9.95. The zero-order valence-electron chi connectivity index (χ0n) is 12.9. The summed E-state index contributed by atoms with van der Waals surface area (Å²) in [7, 11) is 0. The Morgan fingerprint density at radius 1 is 1.61 bits per heavy atom. The number of nitro groups is 1. The molecule has 1 aromatic heterocycles. The standard InChI is InChI=1S/C12H20F2N6O3/c1-11(2,17-8-12(13,14)7-15)9(18-21)3-5-19-6-4-16-10(19)20(22)23/h4,6,17,21H,3,5,7-8,15H2,1-2H3. The summed E-state index contributed by atoms with van der Waals surface area (Å²) in [5.41, 5.74) is 4.10. The fraction of sp³-hybridized carbons (Fsp3) is 0.667. The van der Waals surface area contributed by atoms with Gasteiger partial charge in [0.25, 0.3) is 5.92 Å². The number of aryl methyl sites for hydroxylation is 1. The first-order chi connectivity index (χ1) is 10.6. The van der Waals surface area contributed by atoms with Crippen LogP contribution in [0.25, 0.3) is 0 Å². The average molecular weight is 334 g/mol. The van der Waals surface area contributed by atoms with Crippen LogP contribution in [0.15, 0.2) is 17.5 Å². The molecule has 1 aromatic rings. The van der Waals surface area contributed by atoms with E-state index in [1.807, 2.05) is 0 Å². The molecule has 0 amide bonds. The lowest BCUT2D eigenvalue weighted by Gasteiger charge is -2.29. The molecular weight excluding hydrogens is 314 g/mol. The molecule has 0 spiro atoms. The first kappa shape index (κ1) is 18.9. The minimum atomic E-state index is -3.08. The fourth-order valence-electron chi connectivity index (χ4n) is 1.89. The number of aromatic nitrogens is 2. The van der Waals surface area contributed by atoms with Crippen molar-refractivity contribution in [2.24, 2.45) is 10.9 Å². The van der Waals surface area contributed by atoms with Crippen molar-refractivity contribution in [1.82, 2.24) is 14.9 Å². The lowest BCUT2D eigenvalue weighted by molar-refractivity contribution is -0.396. The second-order valence-corrected chi connectivity index (χ2v) is 5.51. The van der Waals surface area contributed by atoms with Crippen molar-refractivity contribution < 1.29 is 18.9 Å². The maximum absolute atomic E-state index is 13.2. The maximum atomic E-state index is 13.2. The highest BCUT2D eigenvalue weighted by Gasteiger charge is 2.33. The van der Waals surface area contributed by atoms with Crippen LogP contribution < -0.4 is 11.1 Å². The van der Waals surface area contributed by atoms with Crippen molar-refractivity contribution >= 4 is 11.7 Å². The quantitative estimate of drug-likeness (QED) is 0.267. The number of nitrogens with zero attached hydrogens (tertiary/aromatic N) is 4. The lowest BCUT2D eigenvalue weighted by Crippen LogP contribution is -2.52. The van der Waals surface area contributed by atoms with Crippen molar-refractivity contribution in [1.29, 1.82) is 0 Å². The van der Waals surface area contributed by atoms with Gasteiger partial charge >= 0.3 is 5.95 Å². The molecule has 11 heteroatoms. The zero-order valence-corrected chi connectivity index (χ0v) is 12.9. The van der Waals surface area contributed by atoms with Crippen LogP contribution in [0.5, 0.6) is 0 Å². The third-order valence-electron chi connectivity index (χ3n) is 3.38. The van der Waals surface area contributed by atoms with Gasteiger partial charge in [0.05, 0.1) is 30.9 Å². The SMILES string of the molecule is CC(C)(NCC(F)(F)CN)C(CCn1ccnc1[N+](=O)[O-])=NO. The van der Waals surface area contributed by atoms with Crippen LogP contribution in [0.2, 0.25) is 0 Å². The number of nitrogens with two attached hydrogens (primary N) is 1. The summed E-state index contributed by atoms with van der Waals surface area (Å²) in [5, 5.41) is 25.6. The van der Waals surface area contributed by atoms with Crippen LogP contribution in [0, 0.1) is 10.1 Å². The Balaban J connectivity index is 2.72. The third-order valence-corrected chi connectivity index (χ3v) is 3.38. The van der Waals surface area contributed by atoms with Crippen molar-refractivity contribution in [3.05, 3.63) is 22.5 Å². The molecular formula is C12H20F2N6O3. The number of hydrogen-bond donors (Lipinski definition) is 3. The summed E-state index contributed by atoms with van der Waals surface area (Å²) in [6.07, 6.45) is 2.80. The Morgan fingerprint density at radius 3 is 2.78 bits per heavy atom. The Bertz CT molecular complexity index is 573. The molecule has 1 rings (SSSR count). The fourth-order valence-corrected chi connectivity index (χ4v) is 1.89. The Morgan fingerprint density at radius 2 is 2.26 bits per heavy atom. The minimum Gasteiger partial charge on any atom is -0.411 e. The van der Waals surface area contributed by atoms with Crippen molar-refractivity contribution in [3.63, 3.8) is 0 Å². The molecule has 0 aliphatic rings. The number of oxime groups is 1. The number of alkyl halides is 2. The van der Waals surface area contributed by atoms with E-state index in [1.54, 1.807) is 13.8 Å². The van der Waals surface area contributed by atoms with E-state index in [1.165, 1.54) is 17.0 Å². The van der Waals surface area contributed by atoms with E-state index < -0.39 is 29.5 Å². The van der Waals surface area contributed by atoms with Gasteiger partial charge in [-0.3, -0.25) is 0 Å². The van der Waals surface area contributed by atoms with Gasteiger partial charge in [-0.1, -0.05) is 10.1 Å². The topological polar surface area (TPSA) is 132 Å². The van der Waals surface area contributed by atoms with Crippen molar-refractivity contribution in [3.8, 4) is 0 Å². The van der Waals surface area contributed by atoms with Gasteiger partial charge in [0.2, 0.25) is 0 Å². The molecule has 0 aliphatic carbocycles. The maximum Gasteiger partial charge on any atom is 0.434 e. The van der Waals surface area contributed by atoms with Crippen LogP contribution in [-0.2, 0) is 6.54 Å². The van der Waals surface area contributed by atoms with E-state index in [0.717, 1.165) is 0 Å². The molecule has 23 heavy (non-hydrogen) atoms. The van der Waals surface area contributed by atoms with E-state index in [-0.39, 0.29) is 24.6 Å². The molecule has 0 saturated heterocycles. The summed E-state index contributed by atoms with van der Waals surface area (Å²) < 4.78 is 27.7. The first-order valence-electron chi connectivity index (χ1n) is 6.83. The smallest absolute Gasteiger partial charge is 0.411 e. The molecule has 0 atom stereocenters. The number of imidazole rings is 1. The third kappa shape index (κ3) is 5.21. The number of nitrogens with one attached hydrogen (secondary N) is 1. The first-order valence-corrected chi connectivity index (χ1v) is 6.83. The molecule has 0 radical (unpaired) electrons. The molecule has 0 saturated carbocycles. The molecule has 4 N–H and O–H groups in total. The number of halogens is 2. The molecule has 130 valence electrons. The van der Waals surface area contributed by atoms with E-state index in [9.17, 15) is 18.9 Å². The normalized spacial score (nSPS) is 13.3. The summed E-state index contributed by atoms with van der Waals surface area (Å²) in [6, 6.07) is 0. The zero-order chi connectivity index (χ0) is 17.7. The Labute approximate surface area is 131 Å². The van der Waals surface area contributed by atoms with Gasteiger partial charge in [0.1, 0.15) is 12.4 Å². The van der Waals surface area contributed by atoms with E-state index >= 15 is 0 Å². The summed E-state index contributed by atoms with van der Waals surface area (Å²) in [5.74, 6) is -3.43. The van der Waals surface area contributed by atoms with Crippen LogP contribution in [-0.4, -0.2) is 49.9 Å². The van der Waals surface area contributed by atoms with Gasteiger partial charge in [-0.25, -0.2) is 13.3 Å². The molecule has 1 heterocycles. The van der Waals surface area contributed by atoms with Crippen LogP contribution in [0.1, 0.15) is 20.3 Å². The van der Waals surface area contributed by atoms with Gasteiger partial charge in [-0.05, 0) is 18.8 Å². The highest BCUT2D eigenvalue weighted by Crippen LogP contribution is 2.16. The van der Waals surface area contributed by atoms with E-state index in [0.29, 0.717) is 0 Å². The van der Waals surface area contributed by atoms with E-state index in [4.69, 9.17) is 10.9 Å². The predicted octanol–water partition coefficient (Wildman–Crippen LogP) is 0.974. The average Bonchev–Trinajstić information content (AvgIpc) is 2.94. The molecule has 0 fully saturated rings. The molecule has 9 nitrogen and oxygen atoms in total.